The third-order valence-electron chi connectivity index (χ3n) is 2.27. The molecule has 0 aliphatic carbocycles. The summed E-state index contributed by atoms with van der Waals surface area (Å²) in [4.78, 5) is 4.90. The molecule has 0 atom stereocenters. The first kappa shape index (κ1) is 10.1. The minimum absolute atomic E-state index is 0.974. The Morgan fingerprint density at radius 1 is 1.17 bits per heavy atom. The summed E-state index contributed by atoms with van der Waals surface area (Å²) in [6.07, 6.45) is 1.98. The zero-order chi connectivity index (χ0) is 8.81. The molecule has 0 N–H and O–H groups in total. The van der Waals surface area contributed by atoms with Gasteiger partial charge >= 0.3 is 0 Å². The van der Waals surface area contributed by atoms with Gasteiger partial charge in [0.1, 0.15) is 0 Å². The van der Waals surface area contributed by atoms with Crippen molar-refractivity contribution in [3.63, 3.8) is 0 Å². The van der Waals surface area contributed by atoms with E-state index in [0.29, 0.717) is 0 Å². The second-order valence-electron chi connectivity index (χ2n) is 3.15. The molecule has 3 heteroatoms. The van der Waals surface area contributed by atoms with Gasteiger partial charge < -0.3 is 0 Å². The van der Waals surface area contributed by atoms with Crippen LogP contribution in [0.25, 0.3) is 0 Å². The lowest BCUT2D eigenvalue weighted by Crippen LogP contribution is -2.46. The van der Waals surface area contributed by atoms with Crippen LogP contribution in [0.2, 0.25) is 0 Å². The quantitative estimate of drug-likeness (QED) is 0.510. The van der Waals surface area contributed by atoms with Crippen LogP contribution in [-0.2, 0) is 0 Å². The molecule has 2 nitrogen and oxygen atoms in total. The molecule has 0 aromatic rings. The fourth-order valence-electron chi connectivity index (χ4n) is 1.52. The number of piperazine rings is 1. The molecule has 1 aliphatic rings. The number of hydrogen-bond acceptors (Lipinski definition) is 3. The smallest absolute Gasteiger partial charge is 0.0161 e. The first-order valence-corrected chi connectivity index (χ1v) is 5.16. The molecule has 1 rings (SSSR count). The highest BCUT2D eigenvalue weighted by atomic mass is 32.1. The Balaban J connectivity index is 2.15. The molecule has 0 unspecified atom stereocenters. The van der Waals surface area contributed by atoms with Crippen LogP contribution in [0.15, 0.2) is 12.7 Å². The van der Waals surface area contributed by atoms with Crippen LogP contribution in [0.3, 0.4) is 0 Å². The summed E-state index contributed by atoms with van der Waals surface area (Å²) in [7, 11) is 0. The van der Waals surface area contributed by atoms with Gasteiger partial charge in [-0.15, -0.1) is 6.58 Å². The zero-order valence-electron chi connectivity index (χ0n) is 7.58. The average Bonchev–Trinajstić information content (AvgIpc) is 2.09. The van der Waals surface area contributed by atoms with E-state index in [1.807, 2.05) is 6.08 Å². The highest BCUT2D eigenvalue weighted by Crippen LogP contribution is 2.00. The molecule has 1 fully saturated rings. The Morgan fingerprint density at radius 3 is 2.25 bits per heavy atom. The van der Waals surface area contributed by atoms with Crippen LogP contribution in [0.5, 0.6) is 0 Å². The maximum atomic E-state index is 4.22. The van der Waals surface area contributed by atoms with Gasteiger partial charge in [-0.1, -0.05) is 6.08 Å². The van der Waals surface area contributed by atoms with Gasteiger partial charge in [-0.05, 0) is 0 Å². The van der Waals surface area contributed by atoms with Crippen molar-refractivity contribution in [2.75, 3.05) is 45.0 Å². The molecule has 0 amide bonds. The molecule has 1 heterocycles. The molecule has 0 bridgehead atoms. The van der Waals surface area contributed by atoms with E-state index >= 15 is 0 Å². The molecule has 1 saturated heterocycles. The molecule has 0 spiro atoms. The summed E-state index contributed by atoms with van der Waals surface area (Å²) < 4.78 is 0. The summed E-state index contributed by atoms with van der Waals surface area (Å²) in [6.45, 7) is 10.6. The zero-order valence-corrected chi connectivity index (χ0v) is 8.47. The van der Waals surface area contributed by atoms with Gasteiger partial charge in [0.25, 0.3) is 0 Å². The second-order valence-corrected chi connectivity index (χ2v) is 3.60. The van der Waals surface area contributed by atoms with Crippen molar-refractivity contribution in [1.82, 2.24) is 9.80 Å². The molecule has 0 aromatic carbocycles. The molecule has 0 saturated carbocycles. The lowest BCUT2D eigenvalue weighted by molar-refractivity contribution is 0.149. The van der Waals surface area contributed by atoms with Crippen LogP contribution in [-0.4, -0.2) is 54.8 Å². The summed E-state index contributed by atoms with van der Waals surface area (Å²) >= 11 is 4.22. The van der Waals surface area contributed by atoms with Crippen molar-refractivity contribution in [3.8, 4) is 0 Å². The third-order valence-corrected chi connectivity index (χ3v) is 2.47. The van der Waals surface area contributed by atoms with Crippen molar-refractivity contribution >= 4 is 12.6 Å². The van der Waals surface area contributed by atoms with Gasteiger partial charge in [-0.25, -0.2) is 0 Å². The van der Waals surface area contributed by atoms with E-state index in [2.05, 4.69) is 29.0 Å². The monoisotopic (exact) mass is 186 g/mol. The predicted octanol–water partition coefficient (Wildman–Crippen LogP) is 0.720. The van der Waals surface area contributed by atoms with E-state index in [9.17, 15) is 0 Å². The first-order valence-electron chi connectivity index (χ1n) is 4.53. The van der Waals surface area contributed by atoms with E-state index in [1.165, 1.54) is 26.2 Å². The largest absolute Gasteiger partial charge is 0.300 e. The van der Waals surface area contributed by atoms with Crippen LogP contribution in [0.1, 0.15) is 0 Å². The average molecular weight is 186 g/mol. The molecular weight excluding hydrogens is 168 g/mol. The molecular formula is C9H18N2S. The van der Waals surface area contributed by atoms with Crippen LogP contribution in [0.4, 0.5) is 0 Å². The SMILES string of the molecule is C=CCN1CCN(CCS)CC1. The lowest BCUT2D eigenvalue weighted by Gasteiger charge is -2.33. The Morgan fingerprint density at radius 2 is 1.75 bits per heavy atom. The van der Waals surface area contributed by atoms with Crippen molar-refractivity contribution in [1.29, 1.82) is 0 Å². The fraction of sp³-hybridized carbons (Fsp3) is 0.778. The molecule has 12 heavy (non-hydrogen) atoms. The van der Waals surface area contributed by atoms with E-state index in [1.54, 1.807) is 0 Å². The Hall–Kier alpha value is 0.0100. The highest BCUT2D eigenvalue weighted by Gasteiger charge is 2.14. The molecule has 70 valence electrons. The van der Waals surface area contributed by atoms with E-state index in [0.717, 1.165) is 18.8 Å². The second kappa shape index (κ2) is 5.62. The van der Waals surface area contributed by atoms with E-state index in [4.69, 9.17) is 0 Å². The van der Waals surface area contributed by atoms with Gasteiger partial charge in [0.2, 0.25) is 0 Å². The van der Waals surface area contributed by atoms with Crippen LogP contribution < -0.4 is 0 Å². The van der Waals surface area contributed by atoms with Gasteiger partial charge in [0, 0.05) is 45.0 Å². The highest BCUT2D eigenvalue weighted by molar-refractivity contribution is 7.80. The topological polar surface area (TPSA) is 6.48 Å². The predicted molar refractivity (Wildman–Crippen MR) is 56.9 cm³/mol. The van der Waals surface area contributed by atoms with E-state index in [-0.39, 0.29) is 0 Å². The summed E-state index contributed by atoms with van der Waals surface area (Å²) in [5.74, 6) is 0.974. The number of rotatable bonds is 4. The number of thiol groups is 1. The fourth-order valence-corrected chi connectivity index (χ4v) is 1.80. The summed E-state index contributed by atoms with van der Waals surface area (Å²) in [6, 6.07) is 0. The standard InChI is InChI=1S/C9H18N2S/c1-2-3-10-4-6-11(7-5-10)8-9-12/h2,12H,1,3-9H2. The van der Waals surface area contributed by atoms with Crippen molar-refractivity contribution in [3.05, 3.63) is 12.7 Å². The minimum Gasteiger partial charge on any atom is -0.300 e. The van der Waals surface area contributed by atoms with Gasteiger partial charge in [-0.3, -0.25) is 9.80 Å². The summed E-state index contributed by atoms with van der Waals surface area (Å²) in [5, 5.41) is 0. The van der Waals surface area contributed by atoms with Gasteiger partial charge in [0.05, 0.1) is 0 Å². The number of nitrogens with zero attached hydrogens (tertiary/aromatic N) is 2. The maximum absolute atomic E-state index is 4.22. The molecule has 0 aromatic heterocycles. The number of hydrogen-bond donors (Lipinski definition) is 1. The Bertz CT molecular complexity index is 130. The minimum atomic E-state index is 0.974. The lowest BCUT2D eigenvalue weighted by atomic mass is 10.3. The third kappa shape index (κ3) is 3.17. The van der Waals surface area contributed by atoms with Crippen LogP contribution >= 0.6 is 12.6 Å². The molecule has 1 aliphatic heterocycles. The first-order chi connectivity index (χ1) is 5.86. The van der Waals surface area contributed by atoms with Crippen molar-refractivity contribution in [2.24, 2.45) is 0 Å². The van der Waals surface area contributed by atoms with Crippen molar-refractivity contribution in [2.45, 2.75) is 0 Å². The van der Waals surface area contributed by atoms with Gasteiger partial charge in [-0.2, -0.15) is 12.6 Å². The van der Waals surface area contributed by atoms with E-state index < -0.39 is 0 Å². The van der Waals surface area contributed by atoms with Crippen LogP contribution in [0, 0.1) is 0 Å². The molecule has 0 radical (unpaired) electrons. The van der Waals surface area contributed by atoms with Gasteiger partial charge in [0.15, 0.2) is 0 Å². The summed E-state index contributed by atoms with van der Waals surface area (Å²) in [5.41, 5.74) is 0. The van der Waals surface area contributed by atoms with Crippen molar-refractivity contribution < 1.29 is 0 Å². The Labute approximate surface area is 80.6 Å². The maximum Gasteiger partial charge on any atom is 0.0161 e. The normalized spacial score (nSPS) is 21.1. The Kier molecular flexibility index (Phi) is 4.73.